The van der Waals surface area contributed by atoms with Crippen LogP contribution >= 0.6 is 24.0 Å². The van der Waals surface area contributed by atoms with Gasteiger partial charge >= 0.3 is 0 Å². The van der Waals surface area contributed by atoms with E-state index in [1.165, 1.54) is 51.7 Å². The van der Waals surface area contributed by atoms with Crippen molar-refractivity contribution in [2.45, 2.75) is 52.4 Å². The zero-order chi connectivity index (χ0) is 19.2. The smallest absolute Gasteiger partial charge is 0.194 e. The maximum Gasteiger partial charge on any atom is 0.194 e. The van der Waals surface area contributed by atoms with Gasteiger partial charge in [0.1, 0.15) is 0 Å². The molecule has 1 atom stereocenters. The van der Waals surface area contributed by atoms with Crippen LogP contribution in [0, 0.1) is 5.92 Å². The van der Waals surface area contributed by atoms with E-state index in [4.69, 9.17) is 14.5 Å². The van der Waals surface area contributed by atoms with Gasteiger partial charge in [0.25, 0.3) is 0 Å². The number of hydrogen-bond donors (Lipinski definition) is 1. The molecule has 0 aromatic carbocycles. The monoisotopic (exact) mass is 510 g/mol. The zero-order valence-electron chi connectivity index (χ0n) is 18.2. The minimum atomic E-state index is 0. The van der Waals surface area contributed by atoms with E-state index in [9.17, 15) is 0 Å². The standard InChI is InChI=1S/C21H42N4O2.HI/c1-3-5-14-26-16-17-27-15-10-23-21(22-4-2)25-13-9-20(19-25)18-24-11-7-6-8-12-24;/h20H,3-19H2,1-2H3,(H,22,23);1H. The van der Waals surface area contributed by atoms with Crippen molar-refractivity contribution in [2.75, 3.05) is 72.2 Å². The molecule has 166 valence electrons. The Morgan fingerprint density at radius 1 is 1.00 bits per heavy atom. The number of piperidine rings is 1. The first-order valence-electron chi connectivity index (χ1n) is 11.2. The minimum absolute atomic E-state index is 0. The van der Waals surface area contributed by atoms with Gasteiger partial charge in [-0.05, 0) is 51.6 Å². The third-order valence-corrected chi connectivity index (χ3v) is 5.40. The second-order valence-electron chi connectivity index (χ2n) is 7.78. The fraction of sp³-hybridized carbons (Fsp3) is 0.952. The minimum Gasteiger partial charge on any atom is -0.379 e. The van der Waals surface area contributed by atoms with Crippen LogP contribution in [-0.4, -0.2) is 88.0 Å². The molecule has 2 rings (SSSR count). The van der Waals surface area contributed by atoms with E-state index < -0.39 is 0 Å². The summed E-state index contributed by atoms with van der Waals surface area (Å²) in [4.78, 5) is 9.88. The molecule has 0 aliphatic carbocycles. The van der Waals surface area contributed by atoms with Crippen molar-refractivity contribution in [3.05, 3.63) is 0 Å². The zero-order valence-corrected chi connectivity index (χ0v) is 20.5. The molecule has 0 aromatic rings. The molecule has 1 unspecified atom stereocenters. The Morgan fingerprint density at radius 3 is 2.46 bits per heavy atom. The average Bonchev–Trinajstić information content (AvgIpc) is 3.15. The highest BCUT2D eigenvalue weighted by molar-refractivity contribution is 14.0. The van der Waals surface area contributed by atoms with Gasteiger partial charge in [-0.15, -0.1) is 24.0 Å². The summed E-state index contributed by atoms with van der Waals surface area (Å²) in [6.45, 7) is 14.9. The summed E-state index contributed by atoms with van der Waals surface area (Å²) < 4.78 is 11.2. The molecule has 0 aromatic heterocycles. The van der Waals surface area contributed by atoms with Gasteiger partial charge in [0, 0.05) is 32.8 Å². The number of nitrogens with one attached hydrogen (secondary N) is 1. The Morgan fingerprint density at radius 2 is 1.75 bits per heavy atom. The molecule has 2 aliphatic rings. The quantitative estimate of drug-likeness (QED) is 0.189. The lowest BCUT2D eigenvalue weighted by molar-refractivity contribution is 0.0497. The van der Waals surface area contributed by atoms with E-state index in [0.717, 1.165) is 44.5 Å². The molecule has 0 bridgehead atoms. The molecule has 0 radical (unpaired) electrons. The van der Waals surface area contributed by atoms with E-state index in [0.29, 0.717) is 26.4 Å². The molecule has 7 heteroatoms. The van der Waals surface area contributed by atoms with Crippen LogP contribution in [0.5, 0.6) is 0 Å². The number of guanidine groups is 1. The summed E-state index contributed by atoms with van der Waals surface area (Å²) in [6.07, 6.45) is 7.77. The number of likely N-dealkylation sites (tertiary alicyclic amines) is 2. The molecule has 1 N–H and O–H groups in total. The molecule has 6 nitrogen and oxygen atoms in total. The molecule has 0 amide bonds. The highest BCUT2D eigenvalue weighted by Crippen LogP contribution is 2.19. The second-order valence-corrected chi connectivity index (χ2v) is 7.78. The predicted octanol–water partition coefficient (Wildman–Crippen LogP) is 3.21. The number of ether oxygens (including phenoxy) is 2. The number of halogens is 1. The highest BCUT2D eigenvalue weighted by atomic mass is 127. The fourth-order valence-corrected chi connectivity index (χ4v) is 3.89. The van der Waals surface area contributed by atoms with Crippen LogP contribution in [-0.2, 0) is 9.47 Å². The Labute approximate surface area is 189 Å². The van der Waals surface area contributed by atoms with Crippen LogP contribution in [0.3, 0.4) is 0 Å². The summed E-state index contributed by atoms with van der Waals surface area (Å²) in [5, 5.41) is 3.46. The molecule has 28 heavy (non-hydrogen) atoms. The lowest BCUT2D eigenvalue weighted by Crippen LogP contribution is -2.41. The summed E-state index contributed by atoms with van der Waals surface area (Å²) >= 11 is 0. The van der Waals surface area contributed by atoms with Crippen LogP contribution in [0.4, 0.5) is 0 Å². The van der Waals surface area contributed by atoms with Gasteiger partial charge in [-0.2, -0.15) is 0 Å². The molecular weight excluding hydrogens is 467 g/mol. The second kappa shape index (κ2) is 16.7. The molecule has 2 heterocycles. The van der Waals surface area contributed by atoms with Crippen molar-refractivity contribution in [3.63, 3.8) is 0 Å². The van der Waals surface area contributed by atoms with Gasteiger partial charge in [0.2, 0.25) is 0 Å². The van der Waals surface area contributed by atoms with Crippen LogP contribution in [0.15, 0.2) is 4.99 Å². The van der Waals surface area contributed by atoms with Crippen LogP contribution in [0.25, 0.3) is 0 Å². The van der Waals surface area contributed by atoms with E-state index in [2.05, 4.69) is 29.0 Å². The Balaban J connectivity index is 0.00000392. The number of unbranched alkanes of at least 4 members (excludes halogenated alkanes) is 1. The van der Waals surface area contributed by atoms with Crippen molar-refractivity contribution in [3.8, 4) is 0 Å². The van der Waals surface area contributed by atoms with E-state index in [1.54, 1.807) is 0 Å². The van der Waals surface area contributed by atoms with Gasteiger partial charge < -0.3 is 24.6 Å². The highest BCUT2D eigenvalue weighted by Gasteiger charge is 2.26. The van der Waals surface area contributed by atoms with Crippen molar-refractivity contribution in [1.82, 2.24) is 15.1 Å². The topological polar surface area (TPSA) is 49.3 Å². The summed E-state index contributed by atoms with van der Waals surface area (Å²) in [6, 6.07) is 0. The molecule has 2 aliphatic heterocycles. The number of hydrogen-bond acceptors (Lipinski definition) is 4. The van der Waals surface area contributed by atoms with Crippen LogP contribution < -0.4 is 5.32 Å². The molecule has 2 saturated heterocycles. The number of rotatable bonds is 12. The van der Waals surface area contributed by atoms with E-state index in [-0.39, 0.29) is 24.0 Å². The average molecular weight is 511 g/mol. The van der Waals surface area contributed by atoms with Crippen molar-refractivity contribution in [1.29, 1.82) is 0 Å². The lowest BCUT2D eigenvalue weighted by Gasteiger charge is -2.29. The van der Waals surface area contributed by atoms with E-state index in [1.807, 2.05) is 0 Å². The maximum absolute atomic E-state index is 5.64. The lowest BCUT2D eigenvalue weighted by atomic mass is 10.1. The Bertz CT molecular complexity index is 406. The number of aliphatic imine (C=N–C) groups is 1. The molecule has 0 saturated carbocycles. The maximum atomic E-state index is 5.64. The van der Waals surface area contributed by atoms with E-state index >= 15 is 0 Å². The largest absolute Gasteiger partial charge is 0.379 e. The first kappa shape index (κ1) is 25.9. The SMILES string of the molecule is CCCCOCCOCCN=C(NCC)N1CCC(CN2CCCCC2)C1.I. The van der Waals surface area contributed by atoms with Gasteiger partial charge in [0.05, 0.1) is 26.4 Å². The summed E-state index contributed by atoms with van der Waals surface area (Å²) in [5.41, 5.74) is 0. The van der Waals surface area contributed by atoms with Crippen LogP contribution in [0.1, 0.15) is 52.4 Å². The fourth-order valence-electron chi connectivity index (χ4n) is 3.89. The third kappa shape index (κ3) is 10.6. The molecular formula is C21H43IN4O2. The van der Waals surface area contributed by atoms with Crippen molar-refractivity contribution < 1.29 is 9.47 Å². The Kier molecular flexibility index (Phi) is 15.4. The van der Waals surface area contributed by atoms with Crippen molar-refractivity contribution in [2.24, 2.45) is 10.9 Å². The first-order chi connectivity index (χ1) is 13.3. The number of nitrogens with zero attached hydrogens (tertiary/aromatic N) is 3. The summed E-state index contributed by atoms with van der Waals surface area (Å²) in [5.74, 6) is 1.84. The predicted molar refractivity (Wildman–Crippen MR) is 128 cm³/mol. The van der Waals surface area contributed by atoms with Gasteiger partial charge in [-0.25, -0.2) is 0 Å². The third-order valence-electron chi connectivity index (χ3n) is 5.40. The van der Waals surface area contributed by atoms with Gasteiger partial charge in [-0.3, -0.25) is 4.99 Å². The van der Waals surface area contributed by atoms with Crippen molar-refractivity contribution >= 4 is 29.9 Å². The van der Waals surface area contributed by atoms with Gasteiger partial charge in [0.15, 0.2) is 5.96 Å². The molecule has 0 spiro atoms. The van der Waals surface area contributed by atoms with Gasteiger partial charge in [-0.1, -0.05) is 19.8 Å². The molecule has 2 fully saturated rings. The first-order valence-corrected chi connectivity index (χ1v) is 11.2. The summed E-state index contributed by atoms with van der Waals surface area (Å²) in [7, 11) is 0. The normalized spacial score (nSPS) is 21.0. The van der Waals surface area contributed by atoms with Crippen LogP contribution in [0.2, 0.25) is 0 Å². The Hall–Kier alpha value is -0.120.